The van der Waals surface area contributed by atoms with E-state index in [1.54, 1.807) is 0 Å². The zero-order valence-electron chi connectivity index (χ0n) is 13.2. The highest BCUT2D eigenvalue weighted by Crippen LogP contribution is 2.23. The van der Waals surface area contributed by atoms with E-state index in [9.17, 15) is 35.9 Å². The molecule has 0 unspecified atom stereocenters. The number of rotatable bonds is 9. The summed E-state index contributed by atoms with van der Waals surface area (Å²) < 4.78 is 80.4. The smallest absolute Gasteiger partial charge is 0.448 e. The summed E-state index contributed by atoms with van der Waals surface area (Å²) in [5.41, 5.74) is 0. The molecule has 0 saturated heterocycles. The molecule has 0 spiro atoms. The lowest BCUT2D eigenvalue weighted by Crippen LogP contribution is -2.14. The molecule has 0 rings (SSSR count). The van der Waals surface area contributed by atoms with Gasteiger partial charge in [-0.1, -0.05) is 0 Å². The first-order valence-electron chi connectivity index (χ1n) is 7.13. The molecule has 0 aromatic rings. The summed E-state index contributed by atoms with van der Waals surface area (Å²) in [6, 6.07) is 0. The van der Waals surface area contributed by atoms with Crippen molar-refractivity contribution in [3.05, 3.63) is 23.7 Å². The van der Waals surface area contributed by atoms with Crippen LogP contribution in [-0.2, 0) is 19.1 Å². The number of ether oxygens (including phenoxy) is 2. The summed E-state index contributed by atoms with van der Waals surface area (Å²) in [5, 5.41) is 17.0. The van der Waals surface area contributed by atoms with Gasteiger partial charge in [-0.25, -0.2) is 9.59 Å². The number of hydrogen-bond acceptors (Lipinski definition) is 6. The van der Waals surface area contributed by atoms with Gasteiger partial charge >= 0.3 is 24.3 Å². The molecule has 0 aliphatic carbocycles. The Morgan fingerprint density at radius 1 is 0.692 bits per heavy atom. The van der Waals surface area contributed by atoms with Crippen LogP contribution in [0.3, 0.4) is 0 Å². The molecule has 2 N–H and O–H groups in total. The fourth-order valence-electron chi connectivity index (χ4n) is 1.37. The van der Waals surface area contributed by atoms with Gasteiger partial charge in [0.1, 0.15) is 0 Å². The summed E-state index contributed by atoms with van der Waals surface area (Å²) in [6.07, 6.45) is -8.85. The summed E-state index contributed by atoms with van der Waals surface area (Å²) in [7, 11) is 0. The van der Waals surface area contributed by atoms with Crippen molar-refractivity contribution in [3.8, 4) is 0 Å². The first-order valence-corrected chi connectivity index (χ1v) is 7.13. The first-order chi connectivity index (χ1) is 11.8. The third-order valence-electron chi connectivity index (χ3n) is 2.62. The largest absolute Gasteiger partial charge is 0.504 e. The number of unbranched alkanes of at least 4 members (excludes halogenated alkanes) is 3. The maximum atomic E-state index is 11.9. The third-order valence-corrected chi connectivity index (χ3v) is 2.62. The predicted molar refractivity (Wildman–Crippen MR) is 73.9 cm³/mol. The maximum Gasteiger partial charge on any atom is 0.448 e. The van der Waals surface area contributed by atoms with Crippen LogP contribution in [0.25, 0.3) is 0 Å². The summed E-state index contributed by atoms with van der Waals surface area (Å²) >= 11 is 0. The molecule has 0 heterocycles. The maximum absolute atomic E-state index is 11.9. The number of carbonyl (C=O) groups excluding carboxylic acids is 2. The number of halogens is 6. The Kier molecular flexibility index (Phi) is 9.58. The SMILES string of the molecule is O=C(/C=C(\O)C(F)(F)F)OCCCCCCOC(=O)/C=C(\O)C(F)(F)F. The number of allylic oxidation sites excluding steroid dienone is 2. The van der Waals surface area contributed by atoms with Crippen LogP contribution in [0, 0.1) is 0 Å². The molecule has 0 radical (unpaired) electrons. The summed E-state index contributed by atoms with van der Waals surface area (Å²) in [6.45, 7) is -0.412. The zero-order valence-corrected chi connectivity index (χ0v) is 13.2. The van der Waals surface area contributed by atoms with Crippen molar-refractivity contribution in [2.45, 2.75) is 38.0 Å². The van der Waals surface area contributed by atoms with Crippen LogP contribution in [0.2, 0.25) is 0 Å². The quantitative estimate of drug-likeness (QED) is 0.204. The minimum Gasteiger partial charge on any atom is -0.504 e. The zero-order chi connectivity index (χ0) is 20.4. The van der Waals surface area contributed by atoms with Crippen molar-refractivity contribution in [2.24, 2.45) is 0 Å². The average molecular weight is 394 g/mol. The average Bonchev–Trinajstić information content (AvgIpc) is 2.47. The van der Waals surface area contributed by atoms with E-state index in [0.29, 0.717) is 12.8 Å². The van der Waals surface area contributed by atoms with Gasteiger partial charge < -0.3 is 19.7 Å². The number of aliphatic hydroxyl groups is 2. The number of alkyl halides is 6. The summed E-state index contributed by atoms with van der Waals surface area (Å²) in [4.78, 5) is 21.9. The Hall–Kier alpha value is -2.40. The molecule has 0 aliphatic heterocycles. The van der Waals surface area contributed by atoms with Crippen LogP contribution in [0.5, 0.6) is 0 Å². The van der Waals surface area contributed by atoms with E-state index in [-0.39, 0.29) is 38.2 Å². The molecular formula is C14H16F6O6. The van der Waals surface area contributed by atoms with Gasteiger partial charge in [0.15, 0.2) is 0 Å². The lowest BCUT2D eigenvalue weighted by molar-refractivity contribution is -0.142. The molecule has 0 aromatic carbocycles. The highest BCUT2D eigenvalue weighted by Gasteiger charge is 2.35. The number of hydrogen-bond donors (Lipinski definition) is 2. The number of carbonyl (C=O) groups is 2. The van der Waals surface area contributed by atoms with Gasteiger partial charge in [-0.05, 0) is 25.7 Å². The Balaban J connectivity index is 3.81. The molecule has 0 fully saturated rings. The number of aliphatic hydroxyl groups excluding tert-OH is 2. The van der Waals surface area contributed by atoms with Crippen LogP contribution < -0.4 is 0 Å². The molecule has 0 amide bonds. The Bertz CT molecular complexity index is 487. The predicted octanol–water partition coefficient (Wildman–Crippen LogP) is 3.64. The molecule has 0 saturated carbocycles. The van der Waals surface area contributed by atoms with E-state index in [4.69, 9.17) is 10.2 Å². The summed E-state index contributed by atoms with van der Waals surface area (Å²) in [5.74, 6) is -6.86. The van der Waals surface area contributed by atoms with Gasteiger partial charge in [0, 0.05) is 0 Å². The Labute approximate surface area is 143 Å². The molecule has 0 aromatic heterocycles. The van der Waals surface area contributed by atoms with Crippen LogP contribution in [0.4, 0.5) is 26.3 Å². The monoisotopic (exact) mass is 394 g/mol. The molecule has 150 valence electrons. The normalized spacial score (nSPS) is 13.5. The Morgan fingerprint density at radius 2 is 1.00 bits per heavy atom. The first kappa shape index (κ1) is 23.6. The minimum atomic E-state index is -5.04. The van der Waals surface area contributed by atoms with Gasteiger partial charge in [0.05, 0.1) is 25.4 Å². The second-order valence-corrected chi connectivity index (χ2v) is 4.80. The van der Waals surface area contributed by atoms with E-state index in [0.717, 1.165) is 0 Å². The highest BCUT2D eigenvalue weighted by atomic mass is 19.4. The van der Waals surface area contributed by atoms with Gasteiger partial charge in [0.2, 0.25) is 11.5 Å². The van der Waals surface area contributed by atoms with E-state index >= 15 is 0 Å². The van der Waals surface area contributed by atoms with Crippen LogP contribution >= 0.6 is 0 Å². The van der Waals surface area contributed by atoms with E-state index < -0.39 is 35.8 Å². The lowest BCUT2D eigenvalue weighted by atomic mass is 10.2. The lowest BCUT2D eigenvalue weighted by Gasteiger charge is -2.06. The third kappa shape index (κ3) is 11.2. The van der Waals surface area contributed by atoms with Crippen molar-refractivity contribution < 1.29 is 55.6 Å². The molecule has 12 heteroatoms. The van der Waals surface area contributed by atoms with Crippen molar-refractivity contribution in [1.82, 2.24) is 0 Å². The van der Waals surface area contributed by atoms with Gasteiger partial charge in [-0.2, -0.15) is 26.3 Å². The second-order valence-electron chi connectivity index (χ2n) is 4.80. The van der Waals surface area contributed by atoms with Crippen molar-refractivity contribution >= 4 is 11.9 Å². The van der Waals surface area contributed by atoms with Gasteiger partial charge in [-0.15, -0.1) is 0 Å². The molecule has 0 bridgehead atoms. The van der Waals surface area contributed by atoms with Crippen molar-refractivity contribution in [3.63, 3.8) is 0 Å². The Morgan fingerprint density at radius 3 is 1.27 bits per heavy atom. The van der Waals surface area contributed by atoms with Crippen molar-refractivity contribution in [2.75, 3.05) is 13.2 Å². The van der Waals surface area contributed by atoms with Gasteiger partial charge in [0.25, 0.3) is 0 Å². The topological polar surface area (TPSA) is 93.1 Å². The van der Waals surface area contributed by atoms with Crippen LogP contribution in [0.15, 0.2) is 23.7 Å². The number of esters is 2. The standard InChI is InChI=1S/C14H16F6O6/c15-13(16,17)9(21)7-11(23)25-5-3-1-2-4-6-26-12(24)8-10(22)14(18,19)20/h7-8,21-22H,1-6H2/b9-7-,10-8-. The second kappa shape index (κ2) is 10.6. The molecule has 6 nitrogen and oxygen atoms in total. The van der Waals surface area contributed by atoms with Crippen LogP contribution in [-0.4, -0.2) is 47.7 Å². The van der Waals surface area contributed by atoms with Crippen molar-refractivity contribution in [1.29, 1.82) is 0 Å². The fraction of sp³-hybridized carbons (Fsp3) is 0.571. The van der Waals surface area contributed by atoms with E-state index in [1.165, 1.54) is 0 Å². The molecule has 0 aliphatic rings. The van der Waals surface area contributed by atoms with Crippen LogP contribution in [0.1, 0.15) is 25.7 Å². The minimum absolute atomic E-state index is 0.0939. The molecule has 26 heavy (non-hydrogen) atoms. The molecule has 0 atom stereocenters. The van der Waals surface area contributed by atoms with Gasteiger partial charge in [-0.3, -0.25) is 0 Å². The molecular weight excluding hydrogens is 378 g/mol. The van der Waals surface area contributed by atoms with E-state index in [2.05, 4.69) is 9.47 Å². The highest BCUT2D eigenvalue weighted by molar-refractivity contribution is 5.82. The fourth-order valence-corrected chi connectivity index (χ4v) is 1.37. The van der Waals surface area contributed by atoms with E-state index in [1.807, 2.05) is 0 Å².